The molecule has 0 saturated carbocycles. The van der Waals surface area contributed by atoms with Gasteiger partial charge in [-0.3, -0.25) is 0 Å². The Labute approximate surface area is 103 Å². The zero-order valence-corrected chi connectivity index (χ0v) is 11.6. The van der Waals surface area contributed by atoms with E-state index in [-0.39, 0.29) is 16.8 Å². The Balaban J connectivity index is 2.62. The molecule has 3 nitrogen and oxygen atoms in total. The Morgan fingerprint density at radius 1 is 1.75 bits per heavy atom. The summed E-state index contributed by atoms with van der Waals surface area (Å²) in [4.78, 5) is 13.8. The van der Waals surface area contributed by atoms with Gasteiger partial charge in [0.15, 0.2) is 0 Å². The predicted octanol–water partition coefficient (Wildman–Crippen LogP) is 1.04. The Hall–Kier alpha value is -0.571. The van der Waals surface area contributed by atoms with Crippen LogP contribution in [0.3, 0.4) is 0 Å². The van der Waals surface area contributed by atoms with Gasteiger partial charge in [0.2, 0.25) is 0 Å². The van der Waals surface area contributed by atoms with Crippen LogP contribution in [0.4, 0.5) is 0 Å². The number of aliphatic hydroxyl groups is 1. The van der Waals surface area contributed by atoms with Crippen molar-refractivity contribution in [3.05, 3.63) is 24.8 Å². The van der Waals surface area contributed by atoms with E-state index in [0.717, 1.165) is 10.9 Å². The normalized spacial score (nSPS) is 26.2. The fourth-order valence-electron chi connectivity index (χ4n) is 1.75. The van der Waals surface area contributed by atoms with Crippen LogP contribution in [0, 0.1) is 5.92 Å². The summed E-state index contributed by atoms with van der Waals surface area (Å²) in [5, 5.41) is 10.5. The second-order valence-electron chi connectivity index (χ2n) is 4.20. The van der Waals surface area contributed by atoms with Gasteiger partial charge in [-0.1, -0.05) is 0 Å². The molecule has 0 spiro atoms. The second-order valence-corrected chi connectivity index (χ2v) is 6.52. The third-order valence-corrected chi connectivity index (χ3v) is 5.78. The molecule has 1 fully saturated rings. The van der Waals surface area contributed by atoms with Crippen LogP contribution >= 0.6 is 0 Å². The van der Waals surface area contributed by atoms with E-state index in [2.05, 4.69) is 13.2 Å². The average Bonchev–Trinajstić information content (AvgIpc) is 2.19. The van der Waals surface area contributed by atoms with Crippen LogP contribution in [-0.4, -0.2) is 48.5 Å². The van der Waals surface area contributed by atoms with Gasteiger partial charge in [0.05, 0.1) is 0 Å². The molecular formula is C12H19NO2Se. The molecule has 4 heteroatoms. The molecule has 0 aliphatic carbocycles. The monoisotopic (exact) mass is 289 g/mol. The quantitative estimate of drug-likeness (QED) is 0.451. The van der Waals surface area contributed by atoms with Gasteiger partial charge in [-0.05, 0) is 0 Å². The van der Waals surface area contributed by atoms with Crippen molar-refractivity contribution in [2.75, 3.05) is 6.54 Å². The first-order valence-electron chi connectivity index (χ1n) is 5.34. The van der Waals surface area contributed by atoms with Gasteiger partial charge in [0, 0.05) is 0 Å². The predicted molar refractivity (Wildman–Crippen MR) is 66.2 cm³/mol. The van der Waals surface area contributed by atoms with Crippen molar-refractivity contribution in [2.24, 2.45) is 5.92 Å². The van der Waals surface area contributed by atoms with Crippen molar-refractivity contribution in [1.29, 1.82) is 0 Å². The number of hydrogen-bond donors (Lipinski definition) is 1. The number of allylic oxidation sites excluding steroid dienone is 1. The molecular weight excluding hydrogens is 269 g/mol. The molecule has 1 saturated heterocycles. The molecule has 1 rings (SSSR count). The van der Waals surface area contributed by atoms with Crippen LogP contribution in [0.25, 0.3) is 0 Å². The molecule has 16 heavy (non-hydrogen) atoms. The van der Waals surface area contributed by atoms with Crippen LogP contribution in [0.5, 0.6) is 0 Å². The minimum atomic E-state index is -0.550. The summed E-state index contributed by atoms with van der Waals surface area (Å²) < 4.78 is 0. The third kappa shape index (κ3) is 2.76. The van der Waals surface area contributed by atoms with E-state index in [1.54, 1.807) is 13.0 Å². The zero-order valence-electron chi connectivity index (χ0n) is 9.85. The number of carbonyl (C=O) groups is 1. The molecule has 1 N–H and O–H groups in total. The molecule has 0 aromatic rings. The van der Waals surface area contributed by atoms with E-state index in [4.69, 9.17) is 0 Å². The molecule has 1 aliphatic rings. The third-order valence-electron chi connectivity index (χ3n) is 2.53. The van der Waals surface area contributed by atoms with E-state index in [0.29, 0.717) is 21.5 Å². The van der Waals surface area contributed by atoms with E-state index in [1.807, 2.05) is 11.8 Å². The molecule has 0 aromatic heterocycles. The number of aliphatic hydroxyl groups excluding tert-OH is 1. The van der Waals surface area contributed by atoms with Gasteiger partial charge in [-0.15, -0.1) is 0 Å². The first-order chi connectivity index (χ1) is 7.49. The molecule has 1 aliphatic heterocycles. The summed E-state index contributed by atoms with van der Waals surface area (Å²) in [7, 11) is 0. The van der Waals surface area contributed by atoms with Crippen molar-refractivity contribution in [3.8, 4) is 0 Å². The van der Waals surface area contributed by atoms with Crippen molar-refractivity contribution >= 4 is 20.9 Å². The van der Waals surface area contributed by atoms with Gasteiger partial charge in [-0.25, -0.2) is 0 Å². The second kappa shape index (κ2) is 5.67. The summed E-state index contributed by atoms with van der Waals surface area (Å²) in [5.74, 6) is -0.150. The van der Waals surface area contributed by atoms with Gasteiger partial charge in [0.1, 0.15) is 0 Å². The molecule has 1 amide bonds. The standard InChI is InChI=1S/C12H19NO2Se/c1-5-6-13-11(15)10(9(4)14)12(13)16-7-8(2)3/h5,9-10,12,14H,1-2,6-7H2,3-4H3/t9-,10+,12-/m1/s1. The minimum absolute atomic E-state index is 0.0588. The van der Waals surface area contributed by atoms with Gasteiger partial charge >= 0.3 is 103 Å². The first-order valence-corrected chi connectivity index (χ1v) is 7.54. The molecule has 0 bridgehead atoms. The number of amides is 1. The molecule has 0 unspecified atom stereocenters. The van der Waals surface area contributed by atoms with Crippen LogP contribution in [-0.2, 0) is 4.79 Å². The van der Waals surface area contributed by atoms with E-state index in [1.165, 1.54) is 0 Å². The van der Waals surface area contributed by atoms with Crippen molar-refractivity contribution in [1.82, 2.24) is 4.90 Å². The Morgan fingerprint density at radius 3 is 2.81 bits per heavy atom. The van der Waals surface area contributed by atoms with Crippen LogP contribution in [0.1, 0.15) is 13.8 Å². The molecule has 90 valence electrons. The van der Waals surface area contributed by atoms with E-state index < -0.39 is 6.10 Å². The number of rotatable bonds is 6. The van der Waals surface area contributed by atoms with Gasteiger partial charge < -0.3 is 0 Å². The number of nitrogens with zero attached hydrogens (tertiary/aromatic N) is 1. The zero-order chi connectivity index (χ0) is 12.3. The topological polar surface area (TPSA) is 40.5 Å². The van der Waals surface area contributed by atoms with Crippen molar-refractivity contribution < 1.29 is 9.90 Å². The van der Waals surface area contributed by atoms with Crippen LogP contribution in [0.15, 0.2) is 24.8 Å². The van der Waals surface area contributed by atoms with E-state index in [9.17, 15) is 9.90 Å². The Kier molecular flexibility index (Phi) is 4.78. The summed E-state index contributed by atoms with van der Waals surface area (Å²) >= 11 is 0.296. The number of β-lactam (4-membered cyclic amide) rings is 1. The van der Waals surface area contributed by atoms with Crippen molar-refractivity contribution in [2.45, 2.75) is 30.2 Å². The number of likely N-dealkylation sites (tertiary alicyclic amines) is 1. The fraction of sp³-hybridized carbons (Fsp3) is 0.583. The summed E-state index contributed by atoms with van der Waals surface area (Å²) in [6, 6.07) is 0. The molecule has 0 aromatic carbocycles. The van der Waals surface area contributed by atoms with Crippen LogP contribution < -0.4 is 0 Å². The summed E-state index contributed by atoms with van der Waals surface area (Å²) in [5.41, 5.74) is 1.14. The average molecular weight is 288 g/mol. The van der Waals surface area contributed by atoms with Gasteiger partial charge in [0.25, 0.3) is 0 Å². The SMILES string of the molecule is C=CCN1C(=O)[C@H]([C@@H](C)O)[C@H]1[Se]CC(=C)C. The van der Waals surface area contributed by atoms with Crippen LogP contribution in [0.2, 0.25) is 5.32 Å². The Bertz CT molecular complexity index is 301. The van der Waals surface area contributed by atoms with Crippen molar-refractivity contribution in [3.63, 3.8) is 0 Å². The number of hydrogen-bond acceptors (Lipinski definition) is 2. The first kappa shape index (κ1) is 13.5. The maximum absolute atomic E-state index is 11.8. The molecule has 0 radical (unpaired) electrons. The fourth-order valence-corrected chi connectivity index (χ4v) is 4.64. The molecule has 3 atom stereocenters. The summed E-state index contributed by atoms with van der Waals surface area (Å²) in [6.07, 6.45) is 1.19. The Morgan fingerprint density at radius 2 is 2.38 bits per heavy atom. The van der Waals surface area contributed by atoms with Gasteiger partial charge in [-0.2, -0.15) is 0 Å². The van der Waals surface area contributed by atoms with E-state index >= 15 is 0 Å². The summed E-state index contributed by atoms with van der Waals surface area (Å²) in [6.45, 7) is 11.8. The molecule has 1 heterocycles. The number of carbonyl (C=O) groups excluding carboxylic acids is 1. The maximum atomic E-state index is 11.8.